The van der Waals surface area contributed by atoms with Crippen molar-refractivity contribution in [1.82, 2.24) is 9.78 Å². The van der Waals surface area contributed by atoms with Crippen LogP contribution in [0, 0.1) is 0 Å². The highest BCUT2D eigenvalue weighted by atomic mass is 32.1. The van der Waals surface area contributed by atoms with E-state index in [0.29, 0.717) is 16.3 Å². The Hall–Kier alpha value is -2.93. The SMILES string of the molecule is CCOC(=O)c1cc(-c2ccccc2)sc1NC(=O)c1ccnn1C. The number of nitrogens with one attached hydrogen (secondary N) is 1. The maximum atomic E-state index is 12.5. The molecular weight excluding hydrogens is 338 g/mol. The zero-order valence-corrected chi connectivity index (χ0v) is 14.7. The summed E-state index contributed by atoms with van der Waals surface area (Å²) in [6, 6.07) is 13.0. The average molecular weight is 355 g/mol. The van der Waals surface area contributed by atoms with Gasteiger partial charge in [0.2, 0.25) is 0 Å². The summed E-state index contributed by atoms with van der Waals surface area (Å²) >= 11 is 1.34. The van der Waals surface area contributed by atoms with Crippen molar-refractivity contribution in [3.63, 3.8) is 0 Å². The number of amides is 1. The molecule has 3 aromatic rings. The molecular formula is C18H17N3O3S. The molecule has 0 atom stereocenters. The number of rotatable bonds is 5. The van der Waals surface area contributed by atoms with E-state index in [9.17, 15) is 9.59 Å². The molecule has 25 heavy (non-hydrogen) atoms. The van der Waals surface area contributed by atoms with Crippen molar-refractivity contribution in [2.24, 2.45) is 7.05 Å². The van der Waals surface area contributed by atoms with Gasteiger partial charge in [0.1, 0.15) is 10.7 Å². The van der Waals surface area contributed by atoms with Gasteiger partial charge in [0.05, 0.1) is 12.2 Å². The van der Waals surface area contributed by atoms with Crippen LogP contribution in [0.3, 0.4) is 0 Å². The highest BCUT2D eigenvalue weighted by molar-refractivity contribution is 7.20. The van der Waals surface area contributed by atoms with Crippen molar-refractivity contribution in [3.8, 4) is 10.4 Å². The summed E-state index contributed by atoms with van der Waals surface area (Å²) in [4.78, 5) is 25.6. The highest BCUT2D eigenvalue weighted by Crippen LogP contribution is 2.36. The number of thiophene rings is 1. The van der Waals surface area contributed by atoms with Crippen LogP contribution in [0.2, 0.25) is 0 Å². The van der Waals surface area contributed by atoms with Crippen LogP contribution in [0.25, 0.3) is 10.4 Å². The van der Waals surface area contributed by atoms with Gasteiger partial charge >= 0.3 is 5.97 Å². The molecule has 0 saturated heterocycles. The quantitative estimate of drug-likeness (QED) is 0.710. The van der Waals surface area contributed by atoms with Crippen LogP contribution >= 0.6 is 11.3 Å². The molecule has 0 bridgehead atoms. The molecule has 0 fully saturated rings. The van der Waals surface area contributed by atoms with E-state index in [1.54, 1.807) is 32.3 Å². The van der Waals surface area contributed by atoms with Crippen molar-refractivity contribution >= 4 is 28.2 Å². The molecule has 6 nitrogen and oxygen atoms in total. The van der Waals surface area contributed by atoms with Crippen molar-refractivity contribution in [3.05, 3.63) is 59.9 Å². The Bertz CT molecular complexity index is 899. The van der Waals surface area contributed by atoms with E-state index in [1.165, 1.54) is 16.0 Å². The third kappa shape index (κ3) is 3.61. The maximum absolute atomic E-state index is 12.5. The van der Waals surface area contributed by atoms with Crippen LogP contribution in [0.5, 0.6) is 0 Å². The molecule has 0 aliphatic heterocycles. The van der Waals surface area contributed by atoms with Crippen LogP contribution in [-0.4, -0.2) is 28.3 Å². The zero-order valence-electron chi connectivity index (χ0n) is 13.9. The number of hydrogen-bond donors (Lipinski definition) is 1. The van der Waals surface area contributed by atoms with Gasteiger partial charge in [-0.15, -0.1) is 11.3 Å². The first-order valence-corrected chi connectivity index (χ1v) is 8.57. The summed E-state index contributed by atoms with van der Waals surface area (Å²) in [6.45, 7) is 2.01. The first-order chi connectivity index (χ1) is 12.1. The fraction of sp³-hybridized carbons (Fsp3) is 0.167. The van der Waals surface area contributed by atoms with Crippen LogP contribution in [-0.2, 0) is 11.8 Å². The second-order valence-corrected chi connectivity index (χ2v) is 6.29. The predicted octanol–water partition coefficient (Wildman–Crippen LogP) is 3.58. The highest BCUT2D eigenvalue weighted by Gasteiger charge is 2.21. The van der Waals surface area contributed by atoms with E-state index in [2.05, 4.69) is 10.4 Å². The molecule has 0 aliphatic rings. The minimum absolute atomic E-state index is 0.268. The van der Waals surface area contributed by atoms with E-state index in [-0.39, 0.29) is 12.5 Å². The third-order valence-electron chi connectivity index (χ3n) is 3.57. The Morgan fingerprint density at radius 3 is 2.64 bits per heavy atom. The van der Waals surface area contributed by atoms with Crippen LogP contribution in [0.1, 0.15) is 27.8 Å². The number of esters is 1. The summed E-state index contributed by atoms with van der Waals surface area (Å²) in [5.74, 6) is -0.784. The van der Waals surface area contributed by atoms with E-state index < -0.39 is 5.97 Å². The standard InChI is InChI=1S/C18H17N3O3S/c1-3-24-18(23)13-11-15(12-7-5-4-6-8-12)25-17(13)20-16(22)14-9-10-19-21(14)2/h4-11H,3H2,1-2H3,(H,20,22). The fourth-order valence-corrected chi connectivity index (χ4v) is 3.40. The summed E-state index contributed by atoms with van der Waals surface area (Å²) in [7, 11) is 1.69. The fourth-order valence-electron chi connectivity index (χ4n) is 2.35. The lowest BCUT2D eigenvalue weighted by Gasteiger charge is -2.06. The van der Waals surface area contributed by atoms with Gasteiger partial charge in [-0.2, -0.15) is 5.10 Å². The second kappa shape index (κ2) is 7.31. The van der Waals surface area contributed by atoms with Crippen LogP contribution in [0.15, 0.2) is 48.7 Å². The van der Waals surface area contributed by atoms with Gasteiger partial charge in [-0.1, -0.05) is 30.3 Å². The molecule has 1 amide bonds. The number of aromatic nitrogens is 2. The molecule has 1 aromatic carbocycles. The summed E-state index contributed by atoms with van der Waals surface area (Å²) < 4.78 is 6.59. The molecule has 0 unspecified atom stereocenters. The number of carbonyl (C=O) groups is 2. The maximum Gasteiger partial charge on any atom is 0.341 e. The predicted molar refractivity (Wildman–Crippen MR) is 96.9 cm³/mol. The minimum Gasteiger partial charge on any atom is -0.462 e. The summed E-state index contributed by atoms with van der Waals surface area (Å²) in [5, 5.41) is 7.25. The molecule has 128 valence electrons. The van der Waals surface area contributed by atoms with E-state index >= 15 is 0 Å². The first kappa shape index (κ1) is 16.9. The molecule has 3 rings (SSSR count). The molecule has 0 saturated carbocycles. The smallest absolute Gasteiger partial charge is 0.341 e. The largest absolute Gasteiger partial charge is 0.462 e. The van der Waals surface area contributed by atoms with Crippen molar-refractivity contribution in [1.29, 1.82) is 0 Å². The van der Waals surface area contributed by atoms with Crippen molar-refractivity contribution < 1.29 is 14.3 Å². The number of anilines is 1. The van der Waals surface area contributed by atoms with Gasteiger partial charge in [0.15, 0.2) is 0 Å². The summed E-state index contributed by atoms with van der Waals surface area (Å²) in [5.41, 5.74) is 1.73. The first-order valence-electron chi connectivity index (χ1n) is 7.76. The monoisotopic (exact) mass is 355 g/mol. The lowest BCUT2D eigenvalue weighted by Crippen LogP contribution is -2.17. The molecule has 1 N–H and O–H groups in total. The second-order valence-electron chi connectivity index (χ2n) is 5.23. The number of nitrogens with zero attached hydrogens (tertiary/aromatic N) is 2. The van der Waals surface area contributed by atoms with E-state index in [0.717, 1.165) is 10.4 Å². The normalized spacial score (nSPS) is 10.5. The molecule has 0 aliphatic carbocycles. The molecule has 2 heterocycles. The number of ether oxygens (including phenoxy) is 1. The Morgan fingerprint density at radius 1 is 1.24 bits per heavy atom. The topological polar surface area (TPSA) is 73.2 Å². The van der Waals surface area contributed by atoms with E-state index in [4.69, 9.17) is 4.74 Å². The molecule has 2 aromatic heterocycles. The Labute approximate surface area is 149 Å². The molecule has 0 spiro atoms. The Kier molecular flexibility index (Phi) is 4.95. The van der Waals surface area contributed by atoms with Gasteiger partial charge in [0, 0.05) is 18.1 Å². The van der Waals surface area contributed by atoms with Gasteiger partial charge in [-0.3, -0.25) is 9.48 Å². The molecule has 0 radical (unpaired) electrons. The van der Waals surface area contributed by atoms with Gasteiger partial charge < -0.3 is 10.1 Å². The van der Waals surface area contributed by atoms with Crippen molar-refractivity contribution in [2.45, 2.75) is 6.92 Å². The lowest BCUT2D eigenvalue weighted by atomic mass is 10.1. The van der Waals surface area contributed by atoms with Crippen LogP contribution < -0.4 is 5.32 Å². The number of aryl methyl sites for hydroxylation is 1. The Balaban J connectivity index is 1.96. The summed E-state index contributed by atoms with van der Waals surface area (Å²) in [6.07, 6.45) is 1.55. The average Bonchev–Trinajstić information content (AvgIpc) is 3.22. The third-order valence-corrected chi connectivity index (χ3v) is 4.67. The zero-order chi connectivity index (χ0) is 17.8. The van der Waals surface area contributed by atoms with Crippen LogP contribution in [0.4, 0.5) is 5.00 Å². The lowest BCUT2D eigenvalue weighted by molar-refractivity contribution is 0.0528. The number of carbonyl (C=O) groups excluding carboxylic acids is 2. The minimum atomic E-state index is -0.457. The van der Waals surface area contributed by atoms with E-state index in [1.807, 2.05) is 30.3 Å². The molecule has 7 heteroatoms. The van der Waals surface area contributed by atoms with Gasteiger partial charge in [0.25, 0.3) is 5.91 Å². The Morgan fingerprint density at radius 2 is 2.00 bits per heavy atom. The van der Waals surface area contributed by atoms with Gasteiger partial charge in [-0.05, 0) is 24.6 Å². The number of hydrogen-bond acceptors (Lipinski definition) is 5. The van der Waals surface area contributed by atoms with Crippen molar-refractivity contribution in [2.75, 3.05) is 11.9 Å². The van der Waals surface area contributed by atoms with Gasteiger partial charge in [-0.25, -0.2) is 4.79 Å². The number of benzene rings is 1.